The molecule has 0 spiro atoms. The second-order valence-electron chi connectivity index (χ2n) is 6.05. The van der Waals surface area contributed by atoms with Crippen molar-refractivity contribution in [3.05, 3.63) is 0 Å². The summed E-state index contributed by atoms with van der Waals surface area (Å²) in [6.07, 6.45) is 9.79. The quantitative estimate of drug-likeness (QED) is 0.816. The van der Waals surface area contributed by atoms with Crippen LogP contribution in [0.4, 0.5) is 0 Å². The molecule has 1 N–H and O–H groups in total. The molecule has 0 amide bonds. The summed E-state index contributed by atoms with van der Waals surface area (Å²) in [6.45, 7) is 4.10. The lowest BCUT2D eigenvalue weighted by molar-refractivity contribution is 0.0165. The number of rotatable bonds is 4. The Labute approximate surface area is 106 Å². The normalized spacial score (nSPS) is 33.5. The minimum Gasteiger partial charge on any atom is -0.393 e. The van der Waals surface area contributed by atoms with Gasteiger partial charge in [-0.15, -0.1) is 0 Å². The van der Waals surface area contributed by atoms with Crippen LogP contribution in [0.1, 0.15) is 58.3 Å². The minimum absolute atomic E-state index is 0.0455. The molecule has 2 heteroatoms. The van der Waals surface area contributed by atoms with Gasteiger partial charge in [0, 0.05) is 13.2 Å². The molecular formula is C15H28O2. The summed E-state index contributed by atoms with van der Waals surface area (Å²) < 4.78 is 5.37. The van der Waals surface area contributed by atoms with Crippen LogP contribution in [-0.4, -0.2) is 24.4 Å². The zero-order chi connectivity index (χ0) is 12.1. The van der Waals surface area contributed by atoms with Crippen molar-refractivity contribution in [1.29, 1.82) is 0 Å². The van der Waals surface area contributed by atoms with Gasteiger partial charge in [-0.3, -0.25) is 0 Å². The molecule has 1 aliphatic heterocycles. The van der Waals surface area contributed by atoms with E-state index in [1.54, 1.807) is 0 Å². The van der Waals surface area contributed by atoms with Crippen molar-refractivity contribution in [1.82, 2.24) is 0 Å². The molecule has 1 heterocycles. The zero-order valence-corrected chi connectivity index (χ0v) is 11.2. The Balaban J connectivity index is 1.70. The molecule has 0 aromatic heterocycles. The first-order valence-electron chi connectivity index (χ1n) is 7.55. The van der Waals surface area contributed by atoms with Gasteiger partial charge in [0.15, 0.2) is 0 Å². The molecule has 1 aliphatic carbocycles. The van der Waals surface area contributed by atoms with Gasteiger partial charge in [-0.1, -0.05) is 26.2 Å². The van der Waals surface area contributed by atoms with E-state index in [0.29, 0.717) is 11.8 Å². The van der Waals surface area contributed by atoms with Crippen LogP contribution in [0.3, 0.4) is 0 Å². The van der Waals surface area contributed by atoms with E-state index in [1.807, 2.05) is 0 Å². The fourth-order valence-electron chi connectivity index (χ4n) is 3.50. The maximum atomic E-state index is 10.3. The van der Waals surface area contributed by atoms with Crippen molar-refractivity contribution in [3.63, 3.8) is 0 Å². The molecule has 2 aliphatic rings. The minimum atomic E-state index is -0.0455. The molecule has 0 aromatic rings. The zero-order valence-electron chi connectivity index (χ0n) is 11.2. The van der Waals surface area contributed by atoms with Gasteiger partial charge in [0.1, 0.15) is 0 Å². The standard InChI is InChI=1S/C15H28O2/c1-2-12-3-5-14(6-4-12)15(16)11-13-7-9-17-10-8-13/h12-16H,2-11H2,1H3. The van der Waals surface area contributed by atoms with E-state index >= 15 is 0 Å². The Kier molecular flexibility index (Phi) is 5.30. The summed E-state index contributed by atoms with van der Waals surface area (Å²) in [5.74, 6) is 2.23. The van der Waals surface area contributed by atoms with Crippen LogP contribution < -0.4 is 0 Å². The van der Waals surface area contributed by atoms with Crippen LogP contribution in [0.15, 0.2) is 0 Å². The fraction of sp³-hybridized carbons (Fsp3) is 1.00. The summed E-state index contributed by atoms with van der Waals surface area (Å²) in [5.41, 5.74) is 0. The maximum absolute atomic E-state index is 10.3. The van der Waals surface area contributed by atoms with Crippen LogP contribution in [0.25, 0.3) is 0 Å². The second-order valence-corrected chi connectivity index (χ2v) is 6.05. The Morgan fingerprint density at radius 1 is 1.00 bits per heavy atom. The van der Waals surface area contributed by atoms with Gasteiger partial charge in [-0.25, -0.2) is 0 Å². The molecule has 0 radical (unpaired) electrons. The third-order valence-corrected chi connectivity index (χ3v) is 4.93. The van der Waals surface area contributed by atoms with Gasteiger partial charge in [-0.2, -0.15) is 0 Å². The van der Waals surface area contributed by atoms with Crippen molar-refractivity contribution < 1.29 is 9.84 Å². The maximum Gasteiger partial charge on any atom is 0.0571 e. The average Bonchev–Trinajstić information content (AvgIpc) is 2.40. The molecule has 1 atom stereocenters. The molecule has 0 bridgehead atoms. The molecule has 0 aromatic carbocycles. The van der Waals surface area contributed by atoms with E-state index < -0.39 is 0 Å². The highest BCUT2D eigenvalue weighted by atomic mass is 16.5. The van der Waals surface area contributed by atoms with E-state index in [0.717, 1.165) is 38.4 Å². The van der Waals surface area contributed by atoms with E-state index in [1.165, 1.54) is 32.1 Å². The summed E-state index contributed by atoms with van der Waals surface area (Å²) in [7, 11) is 0. The highest BCUT2D eigenvalue weighted by Crippen LogP contribution is 2.35. The third-order valence-electron chi connectivity index (χ3n) is 4.93. The molecule has 2 nitrogen and oxygen atoms in total. The number of hydrogen-bond acceptors (Lipinski definition) is 2. The Morgan fingerprint density at radius 3 is 2.24 bits per heavy atom. The van der Waals surface area contributed by atoms with Crippen molar-refractivity contribution in [3.8, 4) is 0 Å². The first-order chi connectivity index (χ1) is 8.29. The van der Waals surface area contributed by atoms with Gasteiger partial charge < -0.3 is 9.84 Å². The van der Waals surface area contributed by atoms with E-state index in [4.69, 9.17) is 4.74 Å². The van der Waals surface area contributed by atoms with Crippen molar-refractivity contribution in [2.75, 3.05) is 13.2 Å². The third kappa shape index (κ3) is 3.96. The predicted molar refractivity (Wildman–Crippen MR) is 69.9 cm³/mol. The SMILES string of the molecule is CCC1CCC(C(O)CC2CCOCC2)CC1. The number of aliphatic hydroxyl groups is 1. The smallest absolute Gasteiger partial charge is 0.0571 e. The van der Waals surface area contributed by atoms with Crippen molar-refractivity contribution >= 4 is 0 Å². The lowest BCUT2D eigenvalue weighted by Gasteiger charge is -2.33. The molecule has 2 rings (SSSR count). The van der Waals surface area contributed by atoms with Crippen molar-refractivity contribution in [2.24, 2.45) is 17.8 Å². The van der Waals surface area contributed by atoms with E-state index in [2.05, 4.69) is 6.92 Å². The monoisotopic (exact) mass is 240 g/mol. The molecule has 1 saturated carbocycles. The lowest BCUT2D eigenvalue weighted by Crippen LogP contribution is -2.29. The Morgan fingerprint density at radius 2 is 1.65 bits per heavy atom. The van der Waals surface area contributed by atoms with E-state index in [9.17, 15) is 5.11 Å². The summed E-state index contributed by atoms with van der Waals surface area (Å²) >= 11 is 0. The number of aliphatic hydroxyl groups excluding tert-OH is 1. The van der Waals surface area contributed by atoms with Gasteiger partial charge >= 0.3 is 0 Å². The van der Waals surface area contributed by atoms with Crippen LogP contribution in [-0.2, 0) is 4.74 Å². The van der Waals surface area contributed by atoms with Crippen LogP contribution in [0.5, 0.6) is 0 Å². The molecule has 17 heavy (non-hydrogen) atoms. The highest BCUT2D eigenvalue weighted by molar-refractivity contribution is 4.79. The molecular weight excluding hydrogens is 212 g/mol. The van der Waals surface area contributed by atoms with Gasteiger partial charge in [-0.05, 0) is 49.9 Å². The van der Waals surface area contributed by atoms with Crippen LogP contribution in [0.2, 0.25) is 0 Å². The largest absolute Gasteiger partial charge is 0.393 e. The molecule has 2 fully saturated rings. The predicted octanol–water partition coefficient (Wildman–Crippen LogP) is 3.38. The number of hydrogen-bond donors (Lipinski definition) is 1. The summed E-state index contributed by atoms with van der Waals surface area (Å²) in [4.78, 5) is 0. The number of ether oxygens (including phenoxy) is 1. The average molecular weight is 240 g/mol. The molecule has 1 unspecified atom stereocenters. The summed E-state index contributed by atoms with van der Waals surface area (Å²) in [6, 6.07) is 0. The molecule has 100 valence electrons. The van der Waals surface area contributed by atoms with Gasteiger partial charge in [0.2, 0.25) is 0 Å². The van der Waals surface area contributed by atoms with Crippen LogP contribution in [0, 0.1) is 17.8 Å². The topological polar surface area (TPSA) is 29.5 Å². The second kappa shape index (κ2) is 6.75. The summed E-state index contributed by atoms with van der Waals surface area (Å²) in [5, 5.41) is 10.3. The fourth-order valence-corrected chi connectivity index (χ4v) is 3.50. The van der Waals surface area contributed by atoms with Gasteiger partial charge in [0.25, 0.3) is 0 Å². The first kappa shape index (κ1) is 13.4. The van der Waals surface area contributed by atoms with Gasteiger partial charge in [0.05, 0.1) is 6.10 Å². The highest BCUT2D eigenvalue weighted by Gasteiger charge is 2.28. The Hall–Kier alpha value is -0.0800. The lowest BCUT2D eigenvalue weighted by atomic mass is 9.76. The first-order valence-corrected chi connectivity index (χ1v) is 7.55. The van der Waals surface area contributed by atoms with Crippen molar-refractivity contribution in [2.45, 2.75) is 64.4 Å². The van der Waals surface area contributed by atoms with Crippen LogP contribution >= 0.6 is 0 Å². The Bertz CT molecular complexity index is 203. The van der Waals surface area contributed by atoms with E-state index in [-0.39, 0.29) is 6.10 Å². The molecule has 1 saturated heterocycles.